The van der Waals surface area contributed by atoms with E-state index in [1.54, 1.807) is 7.11 Å². The molecule has 1 saturated heterocycles. The van der Waals surface area contributed by atoms with Crippen LogP contribution in [0.25, 0.3) is 0 Å². The Morgan fingerprint density at radius 2 is 1.92 bits per heavy atom. The van der Waals surface area contributed by atoms with Crippen LogP contribution in [-0.4, -0.2) is 39.3 Å². The van der Waals surface area contributed by atoms with E-state index in [0.717, 1.165) is 45.5 Å². The summed E-state index contributed by atoms with van der Waals surface area (Å²) in [7, 11) is 1.75. The van der Waals surface area contributed by atoms with Crippen LogP contribution in [-0.2, 0) is 9.53 Å². The molecule has 1 saturated carbocycles. The maximum atomic E-state index is 12.6. The van der Waals surface area contributed by atoms with E-state index in [1.165, 1.54) is 11.1 Å². The third-order valence-electron chi connectivity index (χ3n) is 5.91. The molecular formula is C21H33ClN2O2. The normalized spacial score (nSPS) is 24.0. The molecule has 2 N–H and O–H groups in total. The number of hydrogen-bond acceptors (Lipinski definition) is 3. The number of nitrogens with one attached hydrogen (secondary N) is 2. The molecule has 1 amide bonds. The van der Waals surface area contributed by atoms with Crippen molar-refractivity contribution in [3.05, 3.63) is 35.4 Å². The number of carbonyl (C=O) groups excluding carboxylic acids is 1. The summed E-state index contributed by atoms with van der Waals surface area (Å²) < 4.78 is 5.43. The SMILES string of the molecule is COCC1(CNC(=O)C2CC2c2ccc(C(C)C)cc2)CCNCC1.Cl. The average molecular weight is 381 g/mol. The molecule has 2 unspecified atom stereocenters. The maximum Gasteiger partial charge on any atom is 0.223 e. The molecule has 3 rings (SSSR count). The van der Waals surface area contributed by atoms with Gasteiger partial charge >= 0.3 is 0 Å². The van der Waals surface area contributed by atoms with Crippen molar-refractivity contribution in [3.8, 4) is 0 Å². The molecule has 1 aliphatic heterocycles. The van der Waals surface area contributed by atoms with Gasteiger partial charge in [0.05, 0.1) is 6.61 Å². The third kappa shape index (κ3) is 4.99. The van der Waals surface area contributed by atoms with Crippen LogP contribution in [0.15, 0.2) is 24.3 Å². The fourth-order valence-electron chi connectivity index (χ4n) is 4.02. The molecule has 1 heterocycles. The number of carbonyl (C=O) groups is 1. The van der Waals surface area contributed by atoms with E-state index in [-0.39, 0.29) is 29.6 Å². The van der Waals surface area contributed by atoms with Gasteiger partial charge in [0.15, 0.2) is 0 Å². The van der Waals surface area contributed by atoms with Gasteiger partial charge in [-0.2, -0.15) is 0 Å². The summed E-state index contributed by atoms with van der Waals surface area (Å²) in [5, 5.41) is 6.62. The Labute approximate surface area is 163 Å². The van der Waals surface area contributed by atoms with Crippen LogP contribution >= 0.6 is 12.4 Å². The van der Waals surface area contributed by atoms with Crippen molar-refractivity contribution in [2.75, 3.05) is 33.4 Å². The molecule has 1 aromatic rings. The molecule has 4 nitrogen and oxygen atoms in total. The van der Waals surface area contributed by atoms with E-state index < -0.39 is 0 Å². The number of piperidine rings is 1. The van der Waals surface area contributed by atoms with Gasteiger partial charge in [0, 0.05) is 25.0 Å². The lowest BCUT2D eigenvalue weighted by molar-refractivity contribution is -0.123. The van der Waals surface area contributed by atoms with E-state index in [9.17, 15) is 4.79 Å². The van der Waals surface area contributed by atoms with Crippen molar-refractivity contribution >= 4 is 18.3 Å². The van der Waals surface area contributed by atoms with Gasteiger partial charge in [0.1, 0.15) is 0 Å². The predicted molar refractivity (Wildman–Crippen MR) is 108 cm³/mol. The van der Waals surface area contributed by atoms with Crippen LogP contribution in [0.5, 0.6) is 0 Å². The number of methoxy groups -OCH3 is 1. The van der Waals surface area contributed by atoms with Crippen molar-refractivity contribution in [3.63, 3.8) is 0 Å². The van der Waals surface area contributed by atoms with Crippen molar-refractivity contribution in [1.29, 1.82) is 0 Å². The minimum Gasteiger partial charge on any atom is -0.384 e. The molecule has 2 aliphatic rings. The zero-order chi connectivity index (χ0) is 17.9. The first-order valence-electron chi connectivity index (χ1n) is 9.62. The standard InChI is InChI=1S/C21H32N2O2.ClH/c1-15(2)16-4-6-17(7-5-16)18-12-19(18)20(24)23-13-21(14-25-3)8-10-22-11-9-21;/h4-7,15,18-19,22H,8-14H2,1-3H3,(H,23,24);1H. The summed E-state index contributed by atoms with van der Waals surface area (Å²) in [5.41, 5.74) is 2.76. The molecule has 0 aromatic heterocycles. The van der Waals surface area contributed by atoms with E-state index in [1.807, 2.05) is 0 Å². The van der Waals surface area contributed by atoms with Gasteiger partial charge in [-0.25, -0.2) is 0 Å². The number of benzene rings is 1. The minimum absolute atomic E-state index is 0. The Kier molecular flexibility index (Phi) is 7.51. The third-order valence-corrected chi connectivity index (χ3v) is 5.91. The topological polar surface area (TPSA) is 50.4 Å². The molecule has 1 aromatic carbocycles. The lowest BCUT2D eigenvalue weighted by Gasteiger charge is -2.37. The first-order chi connectivity index (χ1) is 12.0. The average Bonchev–Trinajstić information content (AvgIpc) is 3.42. The zero-order valence-corrected chi connectivity index (χ0v) is 17.0. The molecule has 0 bridgehead atoms. The van der Waals surface area contributed by atoms with Crippen LogP contribution in [0.3, 0.4) is 0 Å². The van der Waals surface area contributed by atoms with Crippen molar-refractivity contribution in [2.24, 2.45) is 11.3 Å². The number of halogens is 1. The summed E-state index contributed by atoms with van der Waals surface area (Å²) in [6, 6.07) is 8.81. The predicted octanol–water partition coefficient (Wildman–Crippen LogP) is 3.47. The quantitative estimate of drug-likeness (QED) is 0.761. The Morgan fingerprint density at radius 1 is 1.27 bits per heavy atom. The van der Waals surface area contributed by atoms with Gasteiger partial charge in [-0.1, -0.05) is 38.1 Å². The Bertz CT molecular complexity index is 577. The van der Waals surface area contributed by atoms with Crippen molar-refractivity contribution < 1.29 is 9.53 Å². The van der Waals surface area contributed by atoms with E-state index >= 15 is 0 Å². The van der Waals surface area contributed by atoms with Gasteiger partial charge in [-0.15, -0.1) is 12.4 Å². The summed E-state index contributed by atoms with van der Waals surface area (Å²) >= 11 is 0. The van der Waals surface area contributed by atoms with Gasteiger partial charge < -0.3 is 15.4 Å². The van der Waals surface area contributed by atoms with E-state index in [2.05, 4.69) is 48.7 Å². The second kappa shape index (κ2) is 9.20. The lowest BCUT2D eigenvalue weighted by Crippen LogP contribution is -2.47. The van der Waals surface area contributed by atoms with Crippen LogP contribution in [0.2, 0.25) is 0 Å². The molecule has 146 valence electrons. The summed E-state index contributed by atoms with van der Waals surface area (Å²) in [6.45, 7) is 7.88. The summed E-state index contributed by atoms with van der Waals surface area (Å²) in [4.78, 5) is 12.6. The second-order valence-electron chi connectivity index (χ2n) is 8.17. The van der Waals surface area contributed by atoms with E-state index in [4.69, 9.17) is 4.74 Å². The van der Waals surface area contributed by atoms with Gasteiger partial charge in [-0.3, -0.25) is 4.79 Å². The lowest BCUT2D eigenvalue weighted by atomic mass is 9.79. The van der Waals surface area contributed by atoms with Gasteiger partial charge in [0.25, 0.3) is 0 Å². The van der Waals surface area contributed by atoms with Crippen LogP contribution in [0.4, 0.5) is 0 Å². The van der Waals surface area contributed by atoms with Crippen molar-refractivity contribution in [1.82, 2.24) is 10.6 Å². The molecule has 5 heteroatoms. The summed E-state index contributed by atoms with van der Waals surface area (Å²) in [5.74, 6) is 1.31. The smallest absolute Gasteiger partial charge is 0.223 e. The van der Waals surface area contributed by atoms with E-state index in [0.29, 0.717) is 11.8 Å². The van der Waals surface area contributed by atoms with Crippen molar-refractivity contribution in [2.45, 2.75) is 44.9 Å². The Hall–Kier alpha value is -1.10. The highest BCUT2D eigenvalue weighted by atomic mass is 35.5. The molecule has 1 aliphatic carbocycles. The Balaban J connectivity index is 0.00000243. The monoisotopic (exact) mass is 380 g/mol. The van der Waals surface area contributed by atoms with Crippen LogP contribution < -0.4 is 10.6 Å². The number of amides is 1. The molecule has 0 spiro atoms. The first-order valence-corrected chi connectivity index (χ1v) is 9.62. The molecule has 2 fully saturated rings. The molecule has 26 heavy (non-hydrogen) atoms. The molecule has 2 atom stereocenters. The fourth-order valence-corrected chi connectivity index (χ4v) is 4.02. The van der Waals surface area contributed by atoms with Gasteiger partial charge in [-0.05, 0) is 55.3 Å². The molecule has 0 radical (unpaired) electrons. The highest BCUT2D eigenvalue weighted by Gasteiger charge is 2.44. The van der Waals surface area contributed by atoms with Crippen LogP contribution in [0, 0.1) is 11.3 Å². The number of ether oxygens (including phenoxy) is 1. The molecular weight excluding hydrogens is 348 g/mol. The zero-order valence-electron chi connectivity index (χ0n) is 16.2. The van der Waals surface area contributed by atoms with Gasteiger partial charge in [0.2, 0.25) is 5.91 Å². The highest BCUT2D eigenvalue weighted by molar-refractivity contribution is 5.85. The fraction of sp³-hybridized carbons (Fsp3) is 0.667. The van der Waals surface area contributed by atoms with Crippen LogP contribution in [0.1, 0.15) is 56.1 Å². The maximum absolute atomic E-state index is 12.6. The largest absolute Gasteiger partial charge is 0.384 e. The number of rotatable bonds is 7. The number of hydrogen-bond donors (Lipinski definition) is 2. The highest BCUT2D eigenvalue weighted by Crippen LogP contribution is 2.47. The minimum atomic E-state index is 0. The Morgan fingerprint density at radius 3 is 2.50 bits per heavy atom. The summed E-state index contributed by atoms with van der Waals surface area (Å²) in [6.07, 6.45) is 3.10. The first kappa shape index (κ1) is 21.2. The second-order valence-corrected chi connectivity index (χ2v) is 8.17.